The van der Waals surface area contributed by atoms with Gasteiger partial charge in [0.25, 0.3) is 0 Å². The second-order valence-electron chi connectivity index (χ2n) is 6.38. The summed E-state index contributed by atoms with van der Waals surface area (Å²) in [5.74, 6) is -0.958. The number of hydrogen-bond acceptors (Lipinski definition) is 3. The van der Waals surface area contributed by atoms with E-state index in [1.54, 1.807) is 24.3 Å². The number of carbonyl (C=O) groups excluding carboxylic acids is 2. The number of fused-ring (bicyclic) bond motifs is 1. The largest absolute Gasteiger partial charge is 0.416 e. The van der Waals surface area contributed by atoms with Crippen molar-refractivity contribution in [2.24, 2.45) is 5.73 Å². The number of pyridine rings is 1. The van der Waals surface area contributed by atoms with Gasteiger partial charge in [-0.05, 0) is 48.7 Å². The number of alkyl halides is 3. The van der Waals surface area contributed by atoms with E-state index >= 15 is 0 Å². The minimum Gasteiger partial charge on any atom is -0.366 e. The van der Waals surface area contributed by atoms with Gasteiger partial charge in [0.15, 0.2) is 0 Å². The van der Waals surface area contributed by atoms with Gasteiger partial charge in [0.2, 0.25) is 11.8 Å². The molecule has 2 amide bonds. The number of aromatic nitrogens is 1. The maximum Gasteiger partial charge on any atom is 0.416 e. The Morgan fingerprint density at radius 2 is 1.86 bits per heavy atom. The molecule has 29 heavy (non-hydrogen) atoms. The van der Waals surface area contributed by atoms with Crippen molar-refractivity contribution in [1.82, 2.24) is 4.98 Å². The molecule has 3 N–H and O–H groups in total. The van der Waals surface area contributed by atoms with E-state index in [1.807, 2.05) is 0 Å². The second kappa shape index (κ2) is 8.30. The fourth-order valence-corrected chi connectivity index (χ4v) is 2.91. The van der Waals surface area contributed by atoms with Crippen LogP contribution in [0, 0.1) is 6.42 Å². The third-order valence-electron chi connectivity index (χ3n) is 4.30. The van der Waals surface area contributed by atoms with E-state index in [1.165, 1.54) is 24.8 Å². The van der Waals surface area contributed by atoms with Crippen LogP contribution >= 0.6 is 0 Å². The van der Waals surface area contributed by atoms with Gasteiger partial charge in [0.05, 0.1) is 29.4 Å². The number of halogens is 3. The topological polar surface area (TPSA) is 85.1 Å². The zero-order chi connectivity index (χ0) is 21.0. The van der Waals surface area contributed by atoms with Crippen LogP contribution in [0.1, 0.15) is 27.9 Å². The number of carbonyl (C=O) groups is 2. The Bertz CT molecular complexity index is 1060. The maximum atomic E-state index is 12.9. The minimum atomic E-state index is -4.46. The summed E-state index contributed by atoms with van der Waals surface area (Å²) in [7, 11) is 0. The van der Waals surface area contributed by atoms with Crippen LogP contribution in [-0.4, -0.2) is 16.8 Å². The summed E-state index contributed by atoms with van der Waals surface area (Å²) in [6.07, 6.45) is -0.882. The molecule has 0 aliphatic heterocycles. The van der Waals surface area contributed by atoms with Crippen molar-refractivity contribution in [3.8, 4) is 0 Å². The van der Waals surface area contributed by atoms with Crippen LogP contribution < -0.4 is 11.1 Å². The third kappa shape index (κ3) is 5.10. The van der Waals surface area contributed by atoms with Crippen molar-refractivity contribution in [2.45, 2.75) is 19.0 Å². The summed E-state index contributed by atoms with van der Waals surface area (Å²) in [4.78, 5) is 27.6. The van der Waals surface area contributed by atoms with Crippen molar-refractivity contribution >= 4 is 28.4 Å². The molecule has 0 bridgehead atoms. The number of primary amides is 1. The van der Waals surface area contributed by atoms with Crippen LogP contribution in [0.4, 0.5) is 18.9 Å². The number of benzene rings is 2. The van der Waals surface area contributed by atoms with Gasteiger partial charge in [-0.3, -0.25) is 14.6 Å². The summed E-state index contributed by atoms with van der Waals surface area (Å²) in [5, 5.41) is 2.86. The number of amides is 2. The number of nitrogens with one attached hydrogen (secondary N) is 1. The van der Waals surface area contributed by atoms with E-state index in [0.717, 1.165) is 17.7 Å². The normalized spacial score (nSPS) is 11.4. The Kier molecular flexibility index (Phi) is 5.81. The number of rotatable bonds is 6. The first-order valence-electron chi connectivity index (χ1n) is 8.73. The molecule has 0 aliphatic carbocycles. The Morgan fingerprint density at radius 1 is 1.10 bits per heavy atom. The third-order valence-corrected chi connectivity index (χ3v) is 4.30. The zero-order valence-corrected chi connectivity index (χ0v) is 15.2. The smallest absolute Gasteiger partial charge is 0.366 e. The van der Waals surface area contributed by atoms with Gasteiger partial charge in [-0.1, -0.05) is 18.2 Å². The first-order valence-corrected chi connectivity index (χ1v) is 8.73. The Morgan fingerprint density at radius 3 is 2.59 bits per heavy atom. The average Bonchev–Trinajstić information content (AvgIpc) is 2.67. The molecule has 0 atom stereocenters. The summed E-state index contributed by atoms with van der Waals surface area (Å²) in [6.45, 7) is 0. The highest BCUT2D eigenvalue weighted by Crippen LogP contribution is 2.31. The molecule has 149 valence electrons. The van der Waals surface area contributed by atoms with Gasteiger partial charge in [-0.2, -0.15) is 13.2 Å². The van der Waals surface area contributed by atoms with E-state index in [-0.39, 0.29) is 11.1 Å². The molecule has 3 rings (SSSR count). The molecule has 1 heterocycles. The van der Waals surface area contributed by atoms with Crippen molar-refractivity contribution < 1.29 is 22.8 Å². The average molecular weight is 400 g/mol. The SMILES string of the molecule is NC(=O)c1ccccc1CC[CH]C(=O)Nc1cnc2ccc(C(F)(F)F)cc2c1. The lowest BCUT2D eigenvalue weighted by molar-refractivity contribution is -0.137. The van der Waals surface area contributed by atoms with Gasteiger partial charge < -0.3 is 11.1 Å². The molecule has 0 unspecified atom stereocenters. The molecule has 3 aromatic rings. The molecule has 1 radical (unpaired) electrons. The molecule has 0 aliphatic rings. The van der Waals surface area contributed by atoms with Crippen LogP contribution in [0.3, 0.4) is 0 Å². The molecular weight excluding hydrogens is 383 g/mol. The molecule has 0 saturated carbocycles. The van der Waals surface area contributed by atoms with E-state index in [9.17, 15) is 22.8 Å². The molecular formula is C21H17F3N3O2. The predicted molar refractivity (Wildman–Crippen MR) is 103 cm³/mol. The first kappa shape index (κ1) is 20.3. The molecule has 8 heteroatoms. The number of nitrogens with two attached hydrogens (primary N) is 1. The van der Waals surface area contributed by atoms with Gasteiger partial charge in [0, 0.05) is 10.9 Å². The predicted octanol–water partition coefficient (Wildman–Crippen LogP) is 4.13. The lowest BCUT2D eigenvalue weighted by Gasteiger charge is -2.09. The van der Waals surface area contributed by atoms with Gasteiger partial charge >= 0.3 is 6.18 Å². The summed E-state index contributed by atoms with van der Waals surface area (Å²) >= 11 is 0. The van der Waals surface area contributed by atoms with Crippen molar-refractivity contribution in [3.63, 3.8) is 0 Å². The fraction of sp³-hybridized carbons (Fsp3) is 0.143. The number of aryl methyl sites for hydroxylation is 1. The summed E-state index contributed by atoms with van der Waals surface area (Å²) < 4.78 is 38.6. The number of hydrogen-bond donors (Lipinski definition) is 2. The highest BCUT2D eigenvalue weighted by molar-refractivity contribution is 5.98. The lowest BCUT2D eigenvalue weighted by atomic mass is 10.0. The van der Waals surface area contributed by atoms with Crippen molar-refractivity contribution in [1.29, 1.82) is 0 Å². The van der Waals surface area contributed by atoms with Gasteiger partial charge in [-0.25, -0.2) is 0 Å². The number of anilines is 1. The van der Waals surface area contributed by atoms with E-state index in [0.29, 0.717) is 23.9 Å². The van der Waals surface area contributed by atoms with Crippen LogP contribution in [0.25, 0.3) is 10.9 Å². The Hall–Kier alpha value is -3.42. The monoisotopic (exact) mass is 400 g/mol. The van der Waals surface area contributed by atoms with Crippen molar-refractivity contribution in [3.05, 3.63) is 77.8 Å². The van der Waals surface area contributed by atoms with Crippen LogP contribution in [-0.2, 0) is 17.4 Å². The van der Waals surface area contributed by atoms with Crippen molar-refractivity contribution in [2.75, 3.05) is 5.32 Å². The highest BCUT2D eigenvalue weighted by atomic mass is 19.4. The highest BCUT2D eigenvalue weighted by Gasteiger charge is 2.30. The van der Waals surface area contributed by atoms with Crippen LogP contribution in [0.2, 0.25) is 0 Å². The molecule has 0 fully saturated rings. The summed E-state index contributed by atoms with van der Waals surface area (Å²) in [6, 6.07) is 11.5. The van der Waals surface area contributed by atoms with Gasteiger partial charge in [-0.15, -0.1) is 0 Å². The lowest BCUT2D eigenvalue weighted by Crippen LogP contribution is -2.15. The molecule has 1 aromatic heterocycles. The van der Waals surface area contributed by atoms with E-state index in [4.69, 9.17) is 5.73 Å². The fourth-order valence-electron chi connectivity index (χ4n) is 2.91. The summed E-state index contributed by atoms with van der Waals surface area (Å²) in [5.41, 5.74) is 6.36. The standard InChI is InChI=1S/C21H17F3N3O2/c22-21(23,24)15-8-9-18-14(10-15)11-16(12-26-18)27-19(28)7-3-5-13-4-1-2-6-17(13)20(25)29/h1-2,4,6-12H,3,5H2,(H2,25,29)(H,27,28). The number of nitrogens with zero attached hydrogens (tertiary/aromatic N) is 1. The Labute approximate surface area is 164 Å². The van der Waals surface area contributed by atoms with Gasteiger partial charge in [0.1, 0.15) is 0 Å². The minimum absolute atomic E-state index is 0.271. The molecule has 5 nitrogen and oxygen atoms in total. The molecule has 0 saturated heterocycles. The van der Waals surface area contributed by atoms with Crippen LogP contribution in [0.15, 0.2) is 54.7 Å². The van der Waals surface area contributed by atoms with E-state index < -0.39 is 23.6 Å². The second-order valence-corrected chi connectivity index (χ2v) is 6.38. The molecule has 0 spiro atoms. The van der Waals surface area contributed by atoms with Crippen LogP contribution in [0.5, 0.6) is 0 Å². The Balaban J connectivity index is 1.63. The maximum absolute atomic E-state index is 12.9. The quantitative estimate of drug-likeness (QED) is 0.653. The molecule has 2 aromatic carbocycles. The first-order chi connectivity index (χ1) is 13.7. The van der Waals surface area contributed by atoms with E-state index in [2.05, 4.69) is 10.3 Å². The zero-order valence-electron chi connectivity index (χ0n) is 15.2.